The molecule has 3 rings (SSSR count). The summed E-state index contributed by atoms with van der Waals surface area (Å²) >= 11 is 0. The van der Waals surface area contributed by atoms with Crippen molar-refractivity contribution in [2.45, 2.75) is 51.5 Å². The molecule has 1 amide bonds. The number of hydrogen-bond acceptors (Lipinski definition) is 2. The van der Waals surface area contributed by atoms with Crippen molar-refractivity contribution in [1.82, 2.24) is 10.2 Å². The van der Waals surface area contributed by atoms with Gasteiger partial charge in [-0.05, 0) is 62.6 Å². The van der Waals surface area contributed by atoms with Crippen molar-refractivity contribution in [3.05, 3.63) is 35.6 Å². The Morgan fingerprint density at radius 2 is 1.96 bits per heavy atom. The first-order valence-electron chi connectivity index (χ1n) is 9.39. The molecule has 0 aromatic heterocycles. The number of nitrogens with one attached hydrogen (secondary N) is 1. The smallest absolute Gasteiger partial charge is 0.225 e. The lowest BCUT2D eigenvalue weighted by Crippen LogP contribution is -2.46. The Kier molecular flexibility index (Phi) is 5.88. The number of hydrogen-bond donors (Lipinski definition) is 1. The molecule has 4 heteroatoms. The van der Waals surface area contributed by atoms with E-state index >= 15 is 0 Å². The first-order chi connectivity index (χ1) is 11.6. The first kappa shape index (κ1) is 17.4. The third-order valence-corrected chi connectivity index (χ3v) is 5.42. The molecule has 1 aromatic rings. The van der Waals surface area contributed by atoms with Gasteiger partial charge in [0.2, 0.25) is 5.91 Å². The lowest BCUT2D eigenvalue weighted by molar-refractivity contribution is -0.136. The maximum absolute atomic E-state index is 13.7. The highest BCUT2D eigenvalue weighted by molar-refractivity contribution is 5.78. The summed E-state index contributed by atoms with van der Waals surface area (Å²) in [6.07, 6.45) is 6.20. The molecule has 1 heterocycles. The summed E-state index contributed by atoms with van der Waals surface area (Å²) in [7, 11) is 0. The van der Waals surface area contributed by atoms with E-state index in [1.807, 2.05) is 24.0 Å². The van der Waals surface area contributed by atoms with Gasteiger partial charge in [-0.1, -0.05) is 25.1 Å². The van der Waals surface area contributed by atoms with Crippen LogP contribution in [-0.2, 0) is 11.2 Å². The second-order valence-corrected chi connectivity index (χ2v) is 7.48. The molecule has 1 unspecified atom stereocenters. The minimum atomic E-state index is -0.167. The normalized spacial score (nSPS) is 20.2. The maximum Gasteiger partial charge on any atom is 0.225 e. The van der Waals surface area contributed by atoms with E-state index in [2.05, 4.69) is 5.32 Å². The lowest BCUT2D eigenvalue weighted by Gasteiger charge is -2.34. The topological polar surface area (TPSA) is 32.3 Å². The number of piperidine rings is 1. The zero-order valence-corrected chi connectivity index (χ0v) is 14.6. The molecule has 1 saturated heterocycles. The molecule has 1 aliphatic carbocycles. The predicted molar refractivity (Wildman–Crippen MR) is 94.2 cm³/mol. The Morgan fingerprint density at radius 3 is 2.62 bits per heavy atom. The van der Waals surface area contributed by atoms with Crippen molar-refractivity contribution in [3.63, 3.8) is 0 Å². The van der Waals surface area contributed by atoms with Crippen LogP contribution in [0.25, 0.3) is 0 Å². The van der Waals surface area contributed by atoms with E-state index < -0.39 is 0 Å². The summed E-state index contributed by atoms with van der Waals surface area (Å²) in [6.45, 7) is 4.83. The molecule has 1 saturated carbocycles. The average Bonchev–Trinajstić information content (AvgIpc) is 3.43. The van der Waals surface area contributed by atoms with Crippen LogP contribution < -0.4 is 5.32 Å². The zero-order valence-electron chi connectivity index (χ0n) is 14.6. The highest BCUT2D eigenvalue weighted by Gasteiger charge is 2.27. The monoisotopic (exact) mass is 332 g/mol. The summed E-state index contributed by atoms with van der Waals surface area (Å²) in [5.74, 6) is 0.926. The minimum Gasteiger partial charge on any atom is -0.342 e. The van der Waals surface area contributed by atoms with Crippen LogP contribution in [0.1, 0.15) is 44.6 Å². The number of likely N-dealkylation sites (tertiary alicyclic amines) is 1. The summed E-state index contributed by atoms with van der Waals surface area (Å²) in [5, 5.41) is 3.65. The van der Waals surface area contributed by atoms with Crippen LogP contribution in [0.3, 0.4) is 0 Å². The Labute approximate surface area is 144 Å². The van der Waals surface area contributed by atoms with Gasteiger partial charge in [0, 0.05) is 25.0 Å². The molecule has 132 valence electrons. The maximum atomic E-state index is 13.7. The van der Waals surface area contributed by atoms with Crippen molar-refractivity contribution in [2.24, 2.45) is 11.8 Å². The molecular formula is C20H29FN2O. The molecule has 0 bridgehead atoms. The number of amides is 1. The number of halogens is 1. The zero-order chi connectivity index (χ0) is 16.9. The molecule has 24 heavy (non-hydrogen) atoms. The Hall–Kier alpha value is -1.42. The van der Waals surface area contributed by atoms with Gasteiger partial charge in [0.1, 0.15) is 5.82 Å². The summed E-state index contributed by atoms with van der Waals surface area (Å²) < 4.78 is 13.7. The van der Waals surface area contributed by atoms with Crippen molar-refractivity contribution in [1.29, 1.82) is 0 Å². The van der Waals surface area contributed by atoms with Gasteiger partial charge in [-0.3, -0.25) is 4.79 Å². The Balaban J connectivity index is 1.40. The van der Waals surface area contributed by atoms with Crippen molar-refractivity contribution in [3.8, 4) is 0 Å². The van der Waals surface area contributed by atoms with E-state index in [0.717, 1.165) is 38.4 Å². The number of nitrogens with zero attached hydrogens (tertiary/aromatic N) is 1. The van der Waals surface area contributed by atoms with E-state index in [1.165, 1.54) is 18.9 Å². The summed E-state index contributed by atoms with van der Waals surface area (Å²) in [4.78, 5) is 14.6. The number of aryl methyl sites for hydroxylation is 1. The molecule has 2 aliphatic rings. The van der Waals surface area contributed by atoms with Gasteiger partial charge < -0.3 is 10.2 Å². The van der Waals surface area contributed by atoms with Gasteiger partial charge >= 0.3 is 0 Å². The highest BCUT2D eigenvalue weighted by atomic mass is 19.1. The molecular weight excluding hydrogens is 303 g/mol. The fraction of sp³-hybridized carbons (Fsp3) is 0.650. The number of benzene rings is 1. The van der Waals surface area contributed by atoms with Crippen molar-refractivity contribution < 1.29 is 9.18 Å². The van der Waals surface area contributed by atoms with Crippen LogP contribution in [0, 0.1) is 17.7 Å². The van der Waals surface area contributed by atoms with Gasteiger partial charge in [-0.2, -0.15) is 0 Å². The Morgan fingerprint density at radius 1 is 1.25 bits per heavy atom. The molecule has 1 aliphatic heterocycles. The number of rotatable bonds is 7. The number of carbonyl (C=O) groups is 1. The third-order valence-electron chi connectivity index (χ3n) is 5.42. The molecule has 0 radical (unpaired) electrons. The van der Waals surface area contributed by atoms with Crippen LogP contribution in [0.4, 0.5) is 4.39 Å². The molecule has 1 atom stereocenters. The lowest BCUT2D eigenvalue weighted by atomic mass is 9.97. The number of carbonyl (C=O) groups excluding carboxylic acids is 1. The average molecular weight is 332 g/mol. The minimum absolute atomic E-state index is 0.0411. The van der Waals surface area contributed by atoms with E-state index in [0.29, 0.717) is 24.4 Å². The SMILES string of the molecule is CC(CCc1ccccc1F)C(=O)N1CCC(NCC2CC2)CC1. The van der Waals surface area contributed by atoms with E-state index in [-0.39, 0.29) is 17.6 Å². The van der Waals surface area contributed by atoms with E-state index in [4.69, 9.17) is 0 Å². The van der Waals surface area contributed by atoms with Crippen LogP contribution in [-0.4, -0.2) is 36.5 Å². The molecule has 1 aromatic carbocycles. The second kappa shape index (κ2) is 8.11. The third kappa shape index (κ3) is 4.79. The van der Waals surface area contributed by atoms with Gasteiger partial charge in [-0.15, -0.1) is 0 Å². The van der Waals surface area contributed by atoms with E-state index in [1.54, 1.807) is 6.07 Å². The predicted octanol–water partition coefficient (Wildman–Crippen LogP) is 3.39. The Bertz CT molecular complexity index is 550. The standard InChI is InChI=1S/C20H29FN2O/c1-15(6-9-17-4-2-3-5-19(17)21)20(24)23-12-10-18(11-13-23)22-14-16-7-8-16/h2-5,15-16,18,22H,6-14H2,1H3. The summed E-state index contributed by atoms with van der Waals surface area (Å²) in [6, 6.07) is 7.42. The first-order valence-corrected chi connectivity index (χ1v) is 9.39. The second-order valence-electron chi connectivity index (χ2n) is 7.48. The van der Waals surface area contributed by atoms with Crippen molar-refractivity contribution >= 4 is 5.91 Å². The highest BCUT2D eigenvalue weighted by Crippen LogP contribution is 2.28. The molecule has 3 nitrogen and oxygen atoms in total. The van der Waals surface area contributed by atoms with Crippen LogP contribution in [0.15, 0.2) is 24.3 Å². The van der Waals surface area contributed by atoms with Gasteiger partial charge in [-0.25, -0.2) is 4.39 Å². The fourth-order valence-corrected chi connectivity index (χ4v) is 3.47. The fourth-order valence-electron chi connectivity index (χ4n) is 3.47. The quantitative estimate of drug-likeness (QED) is 0.830. The summed E-state index contributed by atoms with van der Waals surface area (Å²) in [5.41, 5.74) is 0.708. The van der Waals surface area contributed by atoms with Crippen LogP contribution >= 0.6 is 0 Å². The van der Waals surface area contributed by atoms with Crippen molar-refractivity contribution in [2.75, 3.05) is 19.6 Å². The van der Waals surface area contributed by atoms with Gasteiger partial charge in [0.25, 0.3) is 0 Å². The molecule has 2 fully saturated rings. The van der Waals surface area contributed by atoms with Gasteiger partial charge in [0.15, 0.2) is 0 Å². The largest absolute Gasteiger partial charge is 0.342 e. The van der Waals surface area contributed by atoms with Crippen LogP contribution in [0.2, 0.25) is 0 Å². The van der Waals surface area contributed by atoms with E-state index in [9.17, 15) is 9.18 Å². The molecule has 0 spiro atoms. The molecule has 1 N–H and O–H groups in total. The van der Waals surface area contributed by atoms with Gasteiger partial charge in [0.05, 0.1) is 0 Å². The van der Waals surface area contributed by atoms with Crippen LogP contribution in [0.5, 0.6) is 0 Å².